The summed E-state index contributed by atoms with van der Waals surface area (Å²) in [7, 11) is 0. The number of fused-ring (bicyclic) bond motifs is 1. The van der Waals surface area contributed by atoms with Crippen molar-refractivity contribution in [2.24, 2.45) is 5.92 Å². The molecule has 2 rings (SSSR count). The van der Waals surface area contributed by atoms with Gasteiger partial charge in [-0.05, 0) is 70.6 Å². The zero-order valence-corrected chi connectivity index (χ0v) is 10.9. The standard InChI is InChI=1S/C14H28N2/c1-2-9-15-10-5-12-16-11-4-7-13-6-3-8-14(13)16/h13-15H,2-12H2,1H3. The van der Waals surface area contributed by atoms with Gasteiger partial charge in [-0.25, -0.2) is 0 Å². The van der Waals surface area contributed by atoms with Crippen LogP contribution in [0.25, 0.3) is 0 Å². The average Bonchev–Trinajstić information content (AvgIpc) is 2.77. The van der Waals surface area contributed by atoms with Gasteiger partial charge in [0.25, 0.3) is 0 Å². The molecular weight excluding hydrogens is 196 g/mol. The fourth-order valence-electron chi connectivity index (χ4n) is 3.54. The lowest BCUT2D eigenvalue weighted by Gasteiger charge is -2.37. The summed E-state index contributed by atoms with van der Waals surface area (Å²) in [6.45, 7) is 7.33. The lowest BCUT2D eigenvalue weighted by Crippen LogP contribution is -2.43. The third-order valence-corrected chi connectivity index (χ3v) is 4.33. The van der Waals surface area contributed by atoms with Crippen molar-refractivity contribution in [1.82, 2.24) is 10.2 Å². The summed E-state index contributed by atoms with van der Waals surface area (Å²) in [5.41, 5.74) is 0. The Balaban J connectivity index is 1.64. The lowest BCUT2D eigenvalue weighted by atomic mass is 9.92. The molecule has 0 bridgehead atoms. The van der Waals surface area contributed by atoms with Gasteiger partial charge in [0.1, 0.15) is 0 Å². The number of likely N-dealkylation sites (tertiary alicyclic amines) is 1. The zero-order valence-electron chi connectivity index (χ0n) is 10.9. The largest absolute Gasteiger partial charge is 0.317 e. The quantitative estimate of drug-likeness (QED) is 0.698. The Hall–Kier alpha value is -0.0800. The monoisotopic (exact) mass is 224 g/mol. The van der Waals surface area contributed by atoms with E-state index in [1.807, 2.05) is 0 Å². The molecule has 1 saturated carbocycles. The van der Waals surface area contributed by atoms with E-state index in [1.165, 1.54) is 71.1 Å². The summed E-state index contributed by atoms with van der Waals surface area (Å²) >= 11 is 0. The second kappa shape index (κ2) is 6.61. The van der Waals surface area contributed by atoms with Crippen LogP contribution in [0, 0.1) is 5.92 Å². The van der Waals surface area contributed by atoms with Crippen LogP contribution in [0.3, 0.4) is 0 Å². The van der Waals surface area contributed by atoms with E-state index in [9.17, 15) is 0 Å². The van der Waals surface area contributed by atoms with Gasteiger partial charge in [0.2, 0.25) is 0 Å². The van der Waals surface area contributed by atoms with Crippen LogP contribution in [0.5, 0.6) is 0 Å². The minimum Gasteiger partial charge on any atom is -0.317 e. The number of hydrogen-bond acceptors (Lipinski definition) is 2. The van der Waals surface area contributed by atoms with Crippen molar-refractivity contribution in [1.29, 1.82) is 0 Å². The molecule has 1 N–H and O–H groups in total. The fraction of sp³-hybridized carbons (Fsp3) is 1.00. The van der Waals surface area contributed by atoms with Gasteiger partial charge in [0.15, 0.2) is 0 Å². The summed E-state index contributed by atoms with van der Waals surface area (Å²) in [6.07, 6.45) is 10.0. The zero-order chi connectivity index (χ0) is 11.2. The molecule has 1 aliphatic heterocycles. The molecule has 2 aliphatic rings. The van der Waals surface area contributed by atoms with Gasteiger partial charge < -0.3 is 10.2 Å². The molecule has 2 atom stereocenters. The first-order chi connectivity index (χ1) is 7.92. The van der Waals surface area contributed by atoms with Crippen LogP contribution < -0.4 is 5.32 Å². The van der Waals surface area contributed by atoms with Crippen LogP contribution in [-0.4, -0.2) is 37.1 Å². The molecule has 16 heavy (non-hydrogen) atoms. The van der Waals surface area contributed by atoms with Gasteiger partial charge in [0.05, 0.1) is 0 Å². The number of nitrogens with one attached hydrogen (secondary N) is 1. The number of nitrogens with zero attached hydrogens (tertiary/aromatic N) is 1. The van der Waals surface area contributed by atoms with E-state index in [1.54, 1.807) is 0 Å². The SMILES string of the molecule is CCCNCCCN1CCCC2CCCC21. The minimum atomic E-state index is 0.958. The third-order valence-electron chi connectivity index (χ3n) is 4.33. The molecule has 0 radical (unpaired) electrons. The van der Waals surface area contributed by atoms with Crippen LogP contribution in [-0.2, 0) is 0 Å². The maximum Gasteiger partial charge on any atom is 0.0123 e. The van der Waals surface area contributed by atoms with Crippen molar-refractivity contribution in [2.75, 3.05) is 26.2 Å². The molecule has 1 heterocycles. The lowest BCUT2D eigenvalue weighted by molar-refractivity contribution is 0.112. The number of hydrogen-bond donors (Lipinski definition) is 1. The van der Waals surface area contributed by atoms with Gasteiger partial charge in [0, 0.05) is 6.04 Å². The Kier molecular flexibility index (Phi) is 5.11. The predicted molar refractivity (Wildman–Crippen MR) is 69.7 cm³/mol. The summed E-state index contributed by atoms with van der Waals surface area (Å²) in [6, 6.07) is 0.958. The van der Waals surface area contributed by atoms with Gasteiger partial charge in [-0.3, -0.25) is 0 Å². The molecule has 0 aromatic heterocycles. The van der Waals surface area contributed by atoms with Crippen molar-refractivity contribution in [3.63, 3.8) is 0 Å². The highest BCUT2D eigenvalue weighted by molar-refractivity contribution is 4.88. The van der Waals surface area contributed by atoms with Crippen LogP contribution in [0.4, 0.5) is 0 Å². The molecule has 2 heteroatoms. The van der Waals surface area contributed by atoms with E-state index in [4.69, 9.17) is 0 Å². The van der Waals surface area contributed by atoms with E-state index in [-0.39, 0.29) is 0 Å². The van der Waals surface area contributed by atoms with E-state index in [2.05, 4.69) is 17.1 Å². The molecule has 2 nitrogen and oxygen atoms in total. The van der Waals surface area contributed by atoms with E-state index in [0.29, 0.717) is 0 Å². The molecule has 94 valence electrons. The van der Waals surface area contributed by atoms with Crippen molar-refractivity contribution in [2.45, 2.75) is 57.9 Å². The van der Waals surface area contributed by atoms with Crippen molar-refractivity contribution < 1.29 is 0 Å². The molecule has 1 saturated heterocycles. The summed E-state index contributed by atoms with van der Waals surface area (Å²) in [5, 5.41) is 3.51. The van der Waals surface area contributed by atoms with Gasteiger partial charge in [-0.15, -0.1) is 0 Å². The van der Waals surface area contributed by atoms with Crippen LogP contribution in [0.15, 0.2) is 0 Å². The maximum absolute atomic E-state index is 3.51. The van der Waals surface area contributed by atoms with Crippen LogP contribution >= 0.6 is 0 Å². The Morgan fingerprint density at radius 3 is 2.88 bits per heavy atom. The number of rotatable bonds is 6. The Labute approximate surface area is 101 Å². The average molecular weight is 224 g/mol. The molecule has 0 spiro atoms. The fourth-order valence-corrected chi connectivity index (χ4v) is 3.54. The second-order valence-electron chi connectivity index (χ2n) is 5.54. The highest BCUT2D eigenvalue weighted by Gasteiger charge is 2.34. The highest BCUT2D eigenvalue weighted by Crippen LogP contribution is 2.36. The van der Waals surface area contributed by atoms with Crippen molar-refractivity contribution in [3.05, 3.63) is 0 Å². The molecule has 2 fully saturated rings. The van der Waals surface area contributed by atoms with Crippen LogP contribution in [0.1, 0.15) is 51.9 Å². The van der Waals surface area contributed by atoms with Crippen molar-refractivity contribution >= 4 is 0 Å². The first kappa shape index (κ1) is 12.4. The van der Waals surface area contributed by atoms with Crippen molar-refractivity contribution in [3.8, 4) is 0 Å². The maximum atomic E-state index is 3.51. The summed E-state index contributed by atoms with van der Waals surface area (Å²) in [5.74, 6) is 1.05. The molecule has 2 unspecified atom stereocenters. The minimum absolute atomic E-state index is 0.958. The summed E-state index contributed by atoms with van der Waals surface area (Å²) < 4.78 is 0. The first-order valence-corrected chi connectivity index (χ1v) is 7.36. The highest BCUT2D eigenvalue weighted by atomic mass is 15.2. The van der Waals surface area contributed by atoms with Gasteiger partial charge in [-0.2, -0.15) is 0 Å². The Bertz CT molecular complexity index is 193. The Morgan fingerprint density at radius 2 is 2.00 bits per heavy atom. The Morgan fingerprint density at radius 1 is 1.12 bits per heavy atom. The molecule has 0 amide bonds. The third kappa shape index (κ3) is 3.21. The first-order valence-electron chi connectivity index (χ1n) is 7.36. The van der Waals surface area contributed by atoms with Crippen LogP contribution in [0.2, 0.25) is 0 Å². The summed E-state index contributed by atoms with van der Waals surface area (Å²) in [4.78, 5) is 2.79. The smallest absolute Gasteiger partial charge is 0.0123 e. The predicted octanol–water partition coefficient (Wildman–Crippen LogP) is 2.64. The normalized spacial score (nSPS) is 30.6. The number of piperidine rings is 1. The topological polar surface area (TPSA) is 15.3 Å². The molecule has 1 aliphatic carbocycles. The second-order valence-corrected chi connectivity index (χ2v) is 5.54. The van der Waals surface area contributed by atoms with E-state index >= 15 is 0 Å². The van der Waals surface area contributed by atoms with E-state index in [0.717, 1.165) is 12.0 Å². The molecular formula is C14H28N2. The van der Waals surface area contributed by atoms with E-state index < -0.39 is 0 Å². The molecule has 0 aromatic rings. The van der Waals surface area contributed by atoms with Gasteiger partial charge >= 0.3 is 0 Å². The van der Waals surface area contributed by atoms with Gasteiger partial charge in [-0.1, -0.05) is 13.3 Å². The molecule has 0 aromatic carbocycles.